The maximum atomic E-state index is 13.9. The van der Waals surface area contributed by atoms with Gasteiger partial charge in [-0.15, -0.1) is 6.42 Å². The third kappa shape index (κ3) is 8.11. The summed E-state index contributed by atoms with van der Waals surface area (Å²) in [5, 5.41) is 8.65. The zero-order valence-corrected chi connectivity index (χ0v) is 25.5. The summed E-state index contributed by atoms with van der Waals surface area (Å²) < 4.78 is 47.5. The van der Waals surface area contributed by atoms with Crippen molar-refractivity contribution in [1.29, 1.82) is 0 Å². The lowest BCUT2D eigenvalue weighted by molar-refractivity contribution is -0.137. The van der Waals surface area contributed by atoms with E-state index < -0.39 is 29.5 Å². The predicted molar refractivity (Wildman–Crippen MR) is 162 cm³/mol. The summed E-state index contributed by atoms with van der Waals surface area (Å²) in [6.45, 7) is 5.36. The molecule has 13 heteroatoms. The van der Waals surface area contributed by atoms with E-state index >= 15 is 0 Å². The zero-order chi connectivity index (χ0) is 32.0. The molecule has 0 spiro atoms. The number of hydrogen-bond acceptors (Lipinski definition) is 8. The second kappa shape index (κ2) is 14.2. The summed E-state index contributed by atoms with van der Waals surface area (Å²) in [6.07, 6.45) is 4.89. The van der Waals surface area contributed by atoms with Gasteiger partial charge in [0.15, 0.2) is 0 Å². The molecule has 44 heavy (non-hydrogen) atoms. The SMILES string of the molecule is C#CCOc1cc(Nc2ncc(C(F)(F)F)c(N[C@@H]3CCC[C@@H]3C(=O)NC(C)C)n2)ccc1C(=O)N(C)C1CCN(C)CC1. The fraction of sp³-hybridized carbons (Fsp3) is 0.548. The highest BCUT2D eigenvalue weighted by Crippen LogP contribution is 2.37. The average molecular weight is 616 g/mol. The Bertz CT molecular complexity index is 1370. The molecular formula is C31H40F3N7O3. The van der Waals surface area contributed by atoms with Gasteiger partial charge in [-0.3, -0.25) is 9.59 Å². The number of piperidine rings is 1. The molecule has 2 atom stereocenters. The summed E-state index contributed by atoms with van der Waals surface area (Å²) in [4.78, 5) is 38.1. The third-order valence-corrected chi connectivity index (χ3v) is 8.04. The second-order valence-corrected chi connectivity index (χ2v) is 11.7. The van der Waals surface area contributed by atoms with Gasteiger partial charge in [-0.05, 0) is 71.8 Å². The summed E-state index contributed by atoms with van der Waals surface area (Å²) >= 11 is 0. The normalized spacial score (nSPS) is 19.3. The molecule has 2 heterocycles. The number of carbonyl (C=O) groups is 2. The van der Waals surface area contributed by atoms with Gasteiger partial charge in [0, 0.05) is 43.1 Å². The first-order chi connectivity index (χ1) is 20.9. The zero-order valence-electron chi connectivity index (χ0n) is 25.5. The molecule has 0 radical (unpaired) electrons. The molecule has 1 saturated heterocycles. The van der Waals surface area contributed by atoms with E-state index in [1.54, 1.807) is 30.1 Å². The Morgan fingerprint density at radius 3 is 2.59 bits per heavy atom. The van der Waals surface area contributed by atoms with Crippen molar-refractivity contribution in [2.45, 2.75) is 70.3 Å². The van der Waals surface area contributed by atoms with Crippen LogP contribution in [0.1, 0.15) is 61.9 Å². The van der Waals surface area contributed by atoms with Gasteiger partial charge in [0.2, 0.25) is 11.9 Å². The number of benzene rings is 1. The molecule has 0 unspecified atom stereocenters. The minimum absolute atomic E-state index is 0.0827. The summed E-state index contributed by atoms with van der Waals surface area (Å²) in [6, 6.07) is 4.21. The number of carbonyl (C=O) groups excluding carboxylic acids is 2. The largest absolute Gasteiger partial charge is 0.480 e. The van der Waals surface area contributed by atoms with Gasteiger partial charge in [-0.2, -0.15) is 18.2 Å². The standard InChI is InChI=1S/C31H40F3N7O3/c1-6-16-44-26-17-20(10-11-23(26)29(43)41(5)21-12-14-40(4)15-13-21)37-30-35-18-24(31(32,33)34)27(39-30)38-25-9-7-8-22(25)28(42)36-19(2)3/h1,10-11,17-19,21-22,25H,7-9,12-16H2,2-5H3,(H,36,42)(H2,35,37,38,39)/t22-,25+/m0/s1. The van der Waals surface area contributed by atoms with E-state index in [4.69, 9.17) is 11.2 Å². The first kappa shape index (κ1) is 32.9. The number of likely N-dealkylation sites (tertiary alicyclic amines) is 1. The highest BCUT2D eigenvalue weighted by molar-refractivity contribution is 5.97. The predicted octanol–water partition coefficient (Wildman–Crippen LogP) is 4.52. The van der Waals surface area contributed by atoms with Crippen LogP contribution in [0.25, 0.3) is 0 Å². The van der Waals surface area contributed by atoms with E-state index in [9.17, 15) is 22.8 Å². The third-order valence-electron chi connectivity index (χ3n) is 8.04. The van der Waals surface area contributed by atoms with E-state index in [0.29, 0.717) is 36.7 Å². The van der Waals surface area contributed by atoms with Crippen LogP contribution in [-0.2, 0) is 11.0 Å². The topological polar surface area (TPSA) is 112 Å². The Morgan fingerprint density at radius 1 is 1.20 bits per heavy atom. The summed E-state index contributed by atoms with van der Waals surface area (Å²) in [5.41, 5.74) is -0.333. The van der Waals surface area contributed by atoms with E-state index in [0.717, 1.165) is 25.9 Å². The quantitative estimate of drug-likeness (QED) is 0.335. The van der Waals surface area contributed by atoms with Crippen molar-refractivity contribution in [3.63, 3.8) is 0 Å². The highest BCUT2D eigenvalue weighted by Gasteiger charge is 2.39. The number of anilines is 3. The van der Waals surface area contributed by atoms with Crippen molar-refractivity contribution >= 4 is 29.3 Å². The molecular weight excluding hydrogens is 575 g/mol. The van der Waals surface area contributed by atoms with Gasteiger partial charge in [0.1, 0.15) is 23.7 Å². The first-order valence-corrected chi connectivity index (χ1v) is 14.8. The smallest absolute Gasteiger partial charge is 0.421 e. The maximum Gasteiger partial charge on any atom is 0.421 e. The number of terminal acetylenes is 1. The number of halogens is 3. The van der Waals surface area contributed by atoms with Gasteiger partial charge < -0.3 is 30.5 Å². The van der Waals surface area contributed by atoms with Crippen LogP contribution in [-0.4, -0.2) is 83.5 Å². The number of amides is 2. The number of alkyl halides is 3. The molecule has 2 amide bonds. The van der Waals surface area contributed by atoms with Crippen LogP contribution >= 0.6 is 0 Å². The van der Waals surface area contributed by atoms with Crippen molar-refractivity contribution in [2.75, 3.05) is 44.4 Å². The van der Waals surface area contributed by atoms with Gasteiger partial charge in [-0.1, -0.05) is 12.3 Å². The maximum absolute atomic E-state index is 13.9. The minimum Gasteiger partial charge on any atom is -0.480 e. The molecule has 2 fully saturated rings. The molecule has 238 valence electrons. The Balaban J connectivity index is 1.57. The van der Waals surface area contributed by atoms with Crippen molar-refractivity contribution in [3.05, 3.63) is 35.5 Å². The van der Waals surface area contributed by atoms with Crippen molar-refractivity contribution in [1.82, 2.24) is 25.1 Å². The molecule has 1 saturated carbocycles. The van der Waals surface area contributed by atoms with Crippen LogP contribution in [0.2, 0.25) is 0 Å². The number of rotatable bonds is 10. The summed E-state index contributed by atoms with van der Waals surface area (Å²) in [7, 11) is 3.81. The lowest BCUT2D eigenvalue weighted by Gasteiger charge is -2.35. The molecule has 1 aliphatic carbocycles. The van der Waals surface area contributed by atoms with E-state index in [-0.39, 0.29) is 42.2 Å². The number of ether oxygens (including phenoxy) is 1. The van der Waals surface area contributed by atoms with Crippen molar-refractivity contribution in [2.24, 2.45) is 5.92 Å². The van der Waals surface area contributed by atoms with Crippen molar-refractivity contribution < 1.29 is 27.5 Å². The number of nitrogens with one attached hydrogen (secondary N) is 3. The van der Waals surface area contributed by atoms with Crippen LogP contribution in [0.5, 0.6) is 5.75 Å². The second-order valence-electron chi connectivity index (χ2n) is 11.7. The molecule has 10 nitrogen and oxygen atoms in total. The number of nitrogens with zero attached hydrogens (tertiary/aromatic N) is 4. The van der Waals surface area contributed by atoms with Gasteiger partial charge >= 0.3 is 6.18 Å². The van der Waals surface area contributed by atoms with Gasteiger partial charge in [0.25, 0.3) is 5.91 Å². The molecule has 3 N–H and O–H groups in total. The molecule has 4 rings (SSSR count). The Morgan fingerprint density at radius 2 is 1.93 bits per heavy atom. The van der Waals surface area contributed by atoms with Gasteiger partial charge in [-0.25, -0.2) is 4.98 Å². The lowest BCUT2D eigenvalue weighted by Crippen LogP contribution is -2.44. The van der Waals surface area contributed by atoms with Crippen LogP contribution in [0.15, 0.2) is 24.4 Å². The molecule has 1 aliphatic heterocycles. The molecule has 2 aliphatic rings. The average Bonchev–Trinajstić information content (AvgIpc) is 3.43. The Kier molecular flexibility index (Phi) is 10.6. The molecule has 1 aromatic heterocycles. The Labute approximate surface area is 256 Å². The van der Waals surface area contributed by atoms with E-state index in [2.05, 4.69) is 36.7 Å². The monoisotopic (exact) mass is 615 g/mol. The van der Waals surface area contributed by atoms with Crippen LogP contribution in [0.3, 0.4) is 0 Å². The van der Waals surface area contributed by atoms with Crippen LogP contribution in [0.4, 0.5) is 30.6 Å². The van der Waals surface area contributed by atoms with Crippen LogP contribution < -0.4 is 20.7 Å². The fourth-order valence-corrected chi connectivity index (χ4v) is 5.66. The van der Waals surface area contributed by atoms with E-state index in [1.165, 1.54) is 0 Å². The first-order valence-electron chi connectivity index (χ1n) is 14.8. The minimum atomic E-state index is -4.72. The number of aromatic nitrogens is 2. The van der Waals surface area contributed by atoms with Gasteiger partial charge in [0.05, 0.1) is 11.5 Å². The highest BCUT2D eigenvalue weighted by atomic mass is 19.4. The summed E-state index contributed by atoms with van der Waals surface area (Å²) in [5.74, 6) is 1.19. The lowest BCUT2D eigenvalue weighted by atomic mass is 10.0. The molecule has 2 aromatic rings. The van der Waals surface area contributed by atoms with Crippen LogP contribution in [0, 0.1) is 18.3 Å². The fourth-order valence-electron chi connectivity index (χ4n) is 5.66. The van der Waals surface area contributed by atoms with E-state index in [1.807, 2.05) is 20.9 Å². The Hall–Kier alpha value is -4.05. The number of hydrogen-bond donors (Lipinski definition) is 3. The van der Waals surface area contributed by atoms with Crippen molar-refractivity contribution in [3.8, 4) is 18.1 Å². The molecule has 1 aromatic carbocycles. The molecule has 0 bridgehead atoms.